The summed E-state index contributed by atoms with van der Waals surface area (Å²) in [5.41, 5.74) is 1.22. The standard InChI is InChI=1S/C15H20N2O3/c1-20-15(19)12-7-8-13(16-10-12)11-17-9-5-3-2-4-6-14(17)18/h7-8,10H,2-6,9,11H2,1H3. The number of methoxy groups -OCH3 is 1. The molecule has 0 saturated carbocycles. The van der Waals surface area contributed by atoms with Gasteiger partial charge in [-0.3, -0.25) is 9.78 Å². The van der Waals surface area contributed by atoms with Crippen LogP contribution >= 0.6 is 0 Å². The Morgan fingerprint density at radius 3 is 2.80 bits per heavy atom. The van der Waals surface area contributed by atoms with E-state index in [2.05, 4.69) is 9.72 Å². The number of aromatic nitrogens is 1. The molecular formula is C15H20N2O3. The molecule has 1 aromatic rings. The molecule has 5 heteroatoms. The van der Waals surface area contributed by atoms with E-state index in [9.17, 15) is 9.59 Å². The van der Waals surface area contributed by atoms with E-state index < -0.39 is 5.97 Å². The van der Waals surface area contributed by atoms with E-state index in [1.807, 2.05) is 4.90 Å². The van der Waals surface area contributed by atoms with E-state index in [-0.39, 0.29) is 5.91 Å². The lowest BCUT2D eigenvalue weighted by molar-refractivity contribution is -0.132. The summed E-state index contributed by atoms with van der Waals surface area (Å²) in [5.74, 6) is -0.199. The normalized spacial score (nSPS) is 16.4. The van der Waals surface area contributed by atoms with Crippen LogP contribution in [0.3, 0.4) is 0 Å². The van der Waals surface area contributed by atoms with Crippen LogP contribution in [0.25, 0.3) is 0 Å². The minimum atomic E-state index is -0.397. The van der Waals surface area contributed by atoms with Gasteiger partial charge in [0.05, 0.1) is 24.9 Å². The van der Waals surface area contributed by atoms with Gasteiger partial charge in [0.1, 0.15) is 0 Å². The second kappa shape index (κ2) is 7.03. The first-order chi connectivity index (χ1) is 9.70. The average Bonchev–Trinajstić information content (AvgIpc) is 2.47. The molecule has 0 aliphatic carbocycles. The van der Waals surface area contributed by atoms with Crippen molar-refractivity contribution in [3.8, 4) is 0 Å². The lowest BCUT2D eigenvalue weighted by Gasteiger charge is -2.24. The van der Waals surface area contributed by atoms with Crippen LogP contribution in [0, 0.1) is 0 Å². The number of carbonyl (C=O) groups excluding carboxylic acids is 2. The highest BCUT2D eigenvalue weighted by Crippen LogP contribution is 2.14. The van der Waals surface area contributed by atoms with Gasteiger partial charge in [-0.25, -0.2) is 4.79 Å². The summed E-state index contributed by atoms with van der Waals surface area (Å²) in [5, 5.41) is 0. The van der Waals surface area contributed by atoms with E-state index in [0.29, 0.717) is 18.5 Å². The number of esters is 1. The van der Waals surface area contributed by atoms with Crippen molar-refractivity contribution in [1.82, 2.24) is 9.88 Å². The SMILES string of the molecule is COC(=O)c1ccc(CN2CCCCCCC2=O)nc1. The zero-order valence-electron chi connectivity index (χ0n) is 11.8. The molecule has 108 valence electrons. The molecule has 2 heterocycles. The van der Waals surface area contributed by atoms with Gasteiger partial charge >= 0.3 is 5.97 Å². The quantitative estimate of drug-likeness (QED) is 0.794. The van der Waals surface area contributed by atoms with Crippen LogP contribution in [0.4, 0.5) is 0 Å². The van der Waals surface area contributed by atoms with Gasteiger partial charge in [0.15, 0.2) is 0 Å². The van der Waals surface area contributed by atoms with Crippen molar-refractivity contribution < 1.29 is 14.3 Å². The number of ether oxygens (including phenoxy) is 1. The summed E-state index contributed by atoms with van der Waals surface area (Å²) in [6.07, 6.45) is 6.47. The van der Waals surface area contributed by atoms with E-state index in [1.54, 1.807) is 12.1 Å². The van der Waals surface area contributed by atoms with E-state index in [4.69, 9.17) is 0 Å². The number of hydrogen-bond acceptors (Lipinski definition) is 4. The van der Waals surface area contributed by atoms with E-state index in [1.165, 1.54) is 19.7 Å². The van der Waals surface area contributed by atoms with Crippen molar-refractivity contribution in [3.05, 3.63) is 29.6 Å². The van der Waals surface area contributed by atoms with Gasteiger partial charge in [-0.2, -0.15) is 0 Å². The molecule has 5 nitrogen and oxygen atoms in total. The Kier molecular flexibility index (Phi) is 5.09. The molecule has 0 spiro atoms. The van der Waals surface area contributed by atoms with Gasteiger partial charge < -0.3 is 9.64 Å². The van der Waals surface area contributed by atoms with E-state index >= 15 is 0 Å². The second-order valence-electron chi connectivity index (χ2n) is 5.01. The van der Waals surface area contributed by atoms with Crippen LogP contribution in [0.5, 0.6) is 0 Å². The lowest BCUT2D eigenvalue weighted by Crippen LogP contribution is -2.32. The van der Waals surface area contributed by atoms with Crippen LogP contribution in [-0.4, -0.2) is 35.4 Å². The fourth-order valence-electron chi connectivity index (χ4n) is 2.33. The molecule has 0 radical (unpaired) electrons. The maximum atomic E-state index is 12.0. The monoisotopic (exact) mass is 276 g/mol. The molecule has 1 fully saturated rings. The summed E-state index contributed by atoms with van der Waals surface area (Å²) in [6.45, 7) is 1.31. The molecule has 1 amide bonds. The highest BCUT2D eigenvalue weighted by atomic mass is 16.5. The van der Waals surface area contributed by atoms with Gasteiger partial charge in [-0.15, -0.1) is 0 Å². The maximum absolute atomic E-state index is 12.0. The number of nitrogens with zero attached hydrogens (tertiary/aromatic N) is 2. The van der Waals surface area contributed by atoms with Gasteiger partial charge in [-0.1, -0.05) is 12.8 Å². The molecule has 0 unspecified atom stereocenters. The van der Waals surface area contributed by atoms with Crippen molar-refractivity contribution in [2.45, 2.75) is 38.6 Å². The van der Waals surface area contributed by atoms with Crippen molar-refractivity contribution in [2.75, 3.05) is 13.7 Å². The number of likely N-dealkylation sites (tertiary alicyclic amines) is 1. The van der Waals surface area contributed by atoms with Crippen LogP contribution in [-0.2, 0) is 16.1 Å². The number of pyridine rings is 1. The van der Waals surface area contributed by atoms with Crippen molar-refractivity contribution in [2.24, 2.45) is 0 Å². The minimum absolute atomic E-state index is 0.198. The fourth-order valence-corrected chi connectivity index (χ4v) is 2.33. The first kappa shape index (κ1) is 14.5. The summed E-state index contributed by atoms with van der Waals surface area (Å²) in [4.78, 5) is 29.4. The molecule has 1 aromatic heterocycles. The Morgan fingerprint density at radius 2 is 2.10 bits per heavy atom. The largest absolute Gasteiger partial charge is 0.465 e. The van der Waals surface area contributed by atoms with Crippen molar-refractivity contribution in [3.63, 3.8) is 0 Å². The van der Waals surface area contributed by atoms with Gasteiger partial charge in [-0.05, 0) is 25.0 Å². The lowest BCUT2D eigenvalue weighted by atomic mass is 10.1. The number of amides is 1. The van der Waals surface area contributed by atoms with Crippen molar-refractivity contribution in [1.29, 1.82) is 0 Å². The molecule has 2 rings (SSSR count). The topological polar surface area (TPSA) is 59.5 Å². The van der Waals surface area contributed by atoms with Crippen molar-refractivity contribution >= 4 is 11.9 Å². The molecule has 0 atom stereocenters. The Balaban J connectivity index is 2.00. The predicted octanol–water partition coefficient (Wildman–Crippen LogP) is 2.16. The summed E-state index contributed by atoms with van der Waals surface area (Å²) in [6, 6.07) is 3.46. The van der Waals surface area contributed by atoms with Crippen LogP contribution < -0.4 is 0 Å². The highest BCUT2D eigenvalue weighted by molar-refractivity contribution is 5.88. The van der Waals surface area contributed by atoms with Crippen LogP contribution in [0.1, 0.15) is 48.2 Å². The molecule has 0 bridgehead atoms. The molecule has 20 heavy (non-hydrogen) atoms. The number of rotatable bonds is 3. The van der Waals surface area contributed by atoms with Crippen LogP contribution in [0.15, 0.2) is 18.3 Å². The molecule has 0 N–H and O–H groups in total. The Morgan fingerprint density at radius 1 is 1.30 bits per heavy atom. The van der Waals surface area contributed by atoms with Gasteiger partial charge in [0, 0.05) is 19.2 Å². The Bertz CT molecular complexity index is 471. The first-order valence-electron chi connectivity index (χ1n) is 7.01. The first-order valence-corrected chi connectivity index (χ1v) is 7.01. The molecule has 1 saturated heterocycles. The Labute approximate surface area is 118 Å². The summed E-state index contributed by atoms with van der Waals surface area (Å²) in [7, 11) is 1.34. The molecule has 1 aliphatic rings. The third-order valence-corrected chi connectivity index (χ3v) is 3.52. The third kappa shape index (κ3) is 3.79. The van der Waals surface area contributed by atoms with Crippen LogP contribution in [0.2, 0.25) is 0 Å². The highest BCUT2D eigenvalue weighted by Gasteiger charge is 2.16. The Hall–Kier alpha value is -1.91. The molecule has 0 aromatic carbocycles. The molecule has 1 aliphatic heterocycles. The van der Waals surface area contributed by atoms with Gasteiger partial charge in [0.2, 0.25) is 5.91 Å². The maximum Gasteiger partial charge on any atom is 0.339 e. The fraction of sp³-hybridized carbons (Fsp3) is 0.533. The van der Waals surface area contributed by atoms with Gasteiger partial charge in [0.25, 0.3) is 0 Å². The average molecular weight is 276 g/mol. The molecular weight excluding hydrogens is 256 g/mol. The minimum Gasteiger partial charge on any atom is -0.465 e. The third-order valence-electron chi connectivity index (χ3n) is 3.52. The summed E-state index contributed by atoms with van der Waals surface area (Å²) >= 11 is 0. The summed E-state index contributed by atoms with van der Waals surface area (Å²) < 4.78 is 4.63. The smallest absolute Gasteiger partial charge is 0.339 e. The second-order valence-corrected chi connectivity index (χ2v) is 5.01. The number of carbonyl (C=O) groups is 2. The van der Waals surface area contributed by atoms with E-state index in [0.717, 1.165) is 31.5 Å². The predicted molar refractivity (Wildman–Crippen MR) is 74.1 cm³/mol. The zero-order chi connectivity index (χ0) is 14.4. The zero-order valence-corrected chi connectivity index (χ0v) is 11.8. The number of hydrogen-bond donors (Lipinski definition) is 0.